The third kappa shape index (κ3) is 4.61. The van der Waals surface area contributed by atoms with Gasteiger partial charge in [-0.3, -0.25) is 4.79 Å². The van der Waals surface area contributed by atoms with Crippen LogP contribution in [0.2, 0.25) is 0 Å². The van der Waals surface area contributed by atoms with E-state index in [0.29, 0.717) is 11.3 Å². The smallest absolute Gasteiger partial charge is 0.350 e. The van der Waals surface area contributed by atoms with Gasteiger partial charge in [0.1, 0.15) is 17.6 Å². The van der Waals surface area contributed by atoms with E-state index in [1.165, 1.54) is 22.9 Å². The average molecular weight is 504 g/mol. The molecule has 4 rings (SSSR count). The Hall–Kier alpha value is -2.73. The van der Waals surface area contributed by atoms with Crippen molar-refractivity contribution in [3.8, 4) is 16.9 Å². The lowest BCUT2D eigenvalue weighted by Gasteiger charge is -2.28. The van der Waals surface area contributed by atoms with Gasteiger partial charge in [0.05, 0.1) is 19.2 Å². The number of para-hydroxylation sites is 1. The standard InChI is InChI=1S/C22H21F5N2O4S/c23-19-13-5-3-7-15(19)14-6-1-2-8-17(14)33-10-4-9-18(30)29-12-22(26,27)20(16(29)11-13)28-34(31,32)21(24)25/h1-3,5-8,16,20-21,28H,4,9-12H2. The molecule has 2 aromatic carbocycles. The summed E-state index contributed by atoms with van der Waals surface area (Å²) in [5.41, 5.74) is 0.462. The van der Waals surface area contributed by atoms with E-state index < -0.39 is 58.5 Å². The number of hydrogen-bond donors (Lipinski definition) is 1. The van der Waals surface area contributed by atoms with E-state index >= 15 is 4.39 Å². The molecule has 1 fully saturated rings. The number of sulfonamides is 1. The number of carbonyl (C=O) groups excluding carboxylic acids is 1. The van der Waals surface area contributed by atoms with Gasteiger partial charge < -0.3 is 9.64 Å². The monoisotopic (exact) mass is 504 g/mol. The summed E-state index contributed by atoms with van der Waals surface area (Å²) in [5, 5.41) is 0. The van der Waals surface area contributed by atoms with Crippen LogP contribution >= 0.6 is 0 Å². The summed E-state index contributed by atoms with van der Waals surface area (Å²) in [6, 6.07) is 6.97. The number of carbonyl (C=O) groups is 1. The third-order valence-electron chi connectivity index (χ3n) is 5.94. The van der Waals surface area contributed by atoms with Gasteiger partial charge in [-0.1, -0.05) is 36.4 Å². The fourth-order valence-corrected chi connectivity index (χ4v) is 5.12. The van der Waals surface area contributed by atoms with Gasteiger partial charge in [-0.25, -0.2) is 21.6 Å². The maximum atomic E-state index is 15.6. The van der Waals surface area contributed by atoms with Crippen LogP contribution in [0.25, 0.3) is 11.1 Å². The van der Waals surface area contributed by atoms with Gasteiger partial charge in [0.15, 0.2) is 0 Å². The number of amides is 1. The SMILES string of the molecule is O=C1CCCOc2ccccc2-c2cccc(c2F)CC2C(NS(=O)(=O)C(F)F)C(F)(F)CN12. The highest BCUT2D eigenvalue weighted by Gasteiger charge is 2.57. The largest absolute Gasteiger partial charge is 0.493 e. The first-order valence-corrected chi connectivity index (χ1v) is 12.0. The highest BCUT2D eigenvalue weighted by atomic mass is 32.2. The summed E-state index contributed by atoms with van der Waals surface area (Å²) in [6.45, 7) is -1.14. The summed E-state index contributed by atoms with van der Waals surface area (Å²) in [4.78, 5) is 13.5. The Morgan fingerprint density at radius 3 is 2.53 bits per heavy atom. The zero-order valence-corrected chi connectivity index (χ0v) is 18.5. The van der Waals surface area contributed by atoms with Crippen molar-refractivity contribution < 1.29 is 39.9 Å². The lowest BCUT2D eigenvalue weighted by Crippen LogP contribution is -2.53. The molecule has 2 aromatic rings. The predicted molar refractivity (Wildman–Crippen MR) is 113 cm³/mol. The van der Waals surface area contributed by atoms with Crippen LogP contribution in [0.1, 0.15) is 18.4 Å². The molecule has 2 heterocycles. The van der Waals surface area contributed by atoms with Crippen LogP contribution in [0.15, 0.2) is 42.5 Å². The summed E-state index contributed by atoms with van der Waals surface area (Å²) in [6.07, 6.45) is -0.570. The lowest BCUT2D eigenvalue weighted by molar-refractivity contribution is -0.133. The van der Waals surface area contributed by atoms with Crippen molar-refractivity contribution in [1.29, 1.82) is 0 Å². The zero-order valence-electron chi connectivity index (χ0n) is 17.7. The molecule has 2 atom stereocenters. The number of alkyl halides is 4. The minimum Gasteiger partial charge on any atom is -0.493 e. The van der Waals surface area contributed by atoms with Crippen molar-refractivity contribution in [3.05, 3.63) is 53.8 Å². The average Bonchev–Trinajstić information content (AvgIpc) is 3.02. The van der Waals surface area contributed by atoms with Crippen molar-refractivity contribution >= 4 is 15.9 Å². The topological polar surface area (TPSA) is 75.7 Å². The van der Waals surface area contributed by atoms with Gasteiger partial charge in [0.25, 0.3) is 15.9 Å². The van der Waals surface area contributed by atoms with Crippen LogP contribution in [0.5, 0.6) is 5.75 Å². The summed E-state index contributed by atoms with van der Waals surface area (Å²) in [7, 11) is -5.41. The molecule has 2 aliphatic rings. The number of hydrogen-bond acceptors (Lipinski definition) is 4. The molecular weight excluding hydrogens is 483 g/mol. The van der Waals surface area contributed by atoms with E-state index in [1.807, 2.05) is 0 Å². The first-order valence-electron chi connectivity index (χ1n) is 10.5. The molecule has 0 aromatic heterocycles. The number of rotatable bonds is 3. The third-order valence-corrected chi connectivity index (χ3v) is 7.00. The van der Waals surface area contributed by atoms with Crippen molar-refractivity contribution in [2.24, 2.45) is 0 Å². The summed E-state index contributed by atoms with van der Waals surface area (Å²) >= 11 is 0. The van der Waals surface area contributed by atoms with E-state index in [0.717, 1.165) is 4.90 Å². The lowest BCUT2D eigenvalue weighted by atomic mass is 9.95. The first kappa shape index (κ1) is 24.4. The highest BCUT2D eigenvalue weighted by Crippen LogP contribution is 2.38. The van der Waals surface area contributed by atoms with E-state index in [-0.39, 0.29) is 30.6 Å². The molecule has 1 amide bonds. The summed E-state index contributed by atoms with van der Waals surface area (Å²) < 4.78 is 102. The number of halogens is 5. The van der Waals surface area contributed by atoms with Gasteiger partial charge >= 0.3 is 5.76 Å². The minimum absolute atomic E-state index is 0.0421. The quantitative estimate of drug-likeness (QED) is 0.649. The van der Waals surface area contributed by atoms with Crippen LogP contribution in [0.3, 0.4) is 0 Å². The van der Waals surface area contributed by atoms with Crippen molar-refractivity contribution in [3.63, 3.8) is 0 Å². The molecule has 2 aliphatic heterocycles. The molecule has 184 valence electrons. The number of benzene rings is 2. The van der Waals surface area contributed by atoms with Crippen molar-refractivity contribution in [2.75, 3.05) is 13.2 Å². The Balaban J connectivity index is 1.81. The molecular formula is C22H21F5N2O4S. The van der Waals surface area contributed by atoms with Gasteiger partial charge in [-0.15, -0.1) is 0 Å². The van der Waals surface area contributed by atoms with Crippen molar-refractivity contribution in [1.82, 2.24) is 9.62 Å². The molecule has 1 saturated heterocycles. The molecule has 0 spiro atoms. The molecule has 0 aliphatic carbocycles. The van der Waals surface area contributed by atoms with E-state index in [9.17, 15) is 30.8 Å². The Morgan fingerprint density at radius 2 is 1.79 bits per heavy atom. The molecule has 1 N–H and O–H groups in total. The molecule has 6 nitrogen and oxygen atoms in total. The van der Waals surface area contributed by atoms with Crippen LogP contribution in [-0.4, -0.2) is 56.1 Å². The molecule has 0 radical (unpaired) electrons. The molecule has 0 saturated carbocycles. The number of ether oxygens (including phenoxy) is 1. The fraction of sp³-hybridized carbons (Fsp3) is 0.409. The van der Waals surface area contributed by atoms with Crippen LogP contribution < -0.4 is 9.46 Å². The van der Waals surface area contributed by atoms with E-state index in [2.05, 4.69) is 0 Å². The van der Waals surface area contributed by atoms with Crippen molar-refractivity contribution in [2.45, 2.75) is 43.0 Å². The van der Waals surface area contributed by atoms with Crippen LogP contribution in [0.4, 0.5) is 22.0 Å². The zero-order chi connectivity index (χ0) is 24.7. The number of fused-ring (bicyclic) bond motifs is 5. The molecule has 12 heteroatoms. The fourth-order valence-electron chi connectivity index (χ4n) is 4.33. The highest BCUT2D eigenvalue weighted by molar-refractivity contribution is 7.89. The van der Waals surface area contributed by atoms with Gasteiger partial charge in [-0.2, -0.15) is 13.5 Å². The second kappa shape index (κ2) is 9.14. The number of nitrogens with one attached hydrogen (secondary N) is 1. The van der Waals surface area contributed by atoms with Crippen LogP contribution in [-0.2, 0) is 21.2 Å². The molecule has 2 bridgehead atoms. The predicted octanol–water partition coefficient (Wildman–Crippen LogP) is 3.56. The maximum absolute atomic E-state index is 15.6. The normalized spacial score (nSPS) is 22.8. The Bertz CT molecular complexity index is 1190. The Morgan fingerprint density at radius 1 is 1.09 bits per heavy atom. The van der Waals surface area contributed by atoms with E-state index in [1.54, 1.807) is 24.3 Å². The van der Waals surface area contributed by atoms with Gasteiger partial charge in [0, 0.05) is 17.5 Å². The Kier molecular flexibility index (Phi) is 6.56. The van der Waals surface area contributed by atoms with Gasteiger partial charge in [-0.05, 0) is 24.5 Å². The maximum Gasteiger partial charge on any atom is 0.350 e. The summed E-state index contributed by atoms with van der Waals surface area (Å²) in [5.74, 6) is -8.93. The first-order chi connectivity index (χ1) is 16.0. The Labute approximate surface area is 192 Å². The van der Waals surface area contributed by atoms with Crippen LogP contribution in [0, 0.1) is 5.82 Å². The minimum atomic E-state index is -5.41. The van der Waals surface area contributed by atoms with E-state index in [4.69, 9.17) is 4.74 Å². The molecule has 2 unspecified atom stereocenters. The second-order valence-electron chi connectivity index (χ2n) is 8.18. The second-order valence-corrected chi connectivity index (χ2v) is 9.86. The number of nitrogens with zero attached hydrogens (tertiary/aromatic N) is 1. The van der Waals surface area contributed by atoms with Gasteiger partial charge in [0.2, 0.25) is 5.91 Å². The molecule has 34 heavy (non-hydrogen) atoms.